The monoisotopic (exact) mass is 447 g/mol. The average Bonchev–Trinajstić information content (AvgIpc) is 3.61. The Bertz CT molecular complexity index is 1250. The van der Waals surface area contributed by atoms with Crippen molar-refractivity contribution in [3.8, 4) is 5.88 Å². The van der Waals surface area contributed by atoms with Crippen molar-refractivity contribution in [3.05, 3.63) is 47.4 Å². The number of anilines is 2. The van der Waals surface area contributed by atoms with Gasteiger partial charge in [0.15, 0.2) is 0 Å². The molecule has 33 heavy (non-hydrogen) atoms. The van der Waals surface area contributed by atoms with Crippen LogP contribution in [0.5, 0.6) is 5.88 Å². The second-order valence-corrected chi connectivity index (χ2v) is 9.86. The summed E-state index contributed by atoms with van der Waals surface area (Å²) < 4.78 is 11.3. The van der Waals surface area contributed by atoms with E-state index in [4.69, 9.17) is 20.2 Å². The molecule has 0 radical (unpaired) electrons. The molecule has 1 saturated carbocycles. The number of hydrogen-bond donors (Lipinski definition) is 2. The third-order valence-electron chi connectivity index (χ3n) is 6.46. The van der Waals surface area contributed by atoms with Crippen molar-refractivity contribution >= 4 is 28.4 Å². The van der Waals surface area contributed by atoms with Gasteiger partial charge in [0.05, 0.1) is 16.6 Å². The van der Waals surface area contributed by atoms with Gasteiger partial charge >= 0.3 is 5.97 Å². The molecule has 1 aliphatic carbocycles. The Morgan fingerprint density at radius 1 is 1.21 bits per heavy atom. The minimum atomic E-state index is -0.545. The minimum absolute atomic E-state index is 0.231. The highest BCUT2D eigenvalue weighted by atomic mass is 16.5. The van der Waals surface area contributed by atoms with Crippen molar-refractivity contribution < 1.29 is 14.3 Å². The highest BCUT2D eigenvalue weighted by Gasteiger charge is 2.35. The maximum Gasteiger partial charge on any atom is 0.340 e. The number of fused-ring (bicyclic) bond motifs is 2. The van der Waals surface area contributed by atoms with Crippen LogP contribution in [-0.2, 0) is 15.7 Å². The standard InChI is InChI=1S/C25H29N5O3/c1-5-25(4,26)18-12-28-22(33-14-6-7-14)17-11-27-20(10-16(17)18)29-19-9-8-15-21(30-19)24(2,3)13-32-23(15)31/h8-12,14H,5-7,13,26H2,1-4H3,(H,27,29,30)/t25-/m1/s1. The van der Waals surface area contributed by atoms with Crippen LogP contribution >= 0.6 is 0 Å². The number of ether oxygens (including phenoxy) is 2. The van der Waals surface area contributed by atoms with Crippen LogP contribution < -0.4 is 15.8 Å². The van der Waals surface area contributed by atoms with Crippen LogP contribution in [0, 0.1) is 0 Å². The SMILES string of the molecule is CC[C@@](C)(N)c1cnc(OC2CC2)c2cnc(Nc3ccc4c(n3)C(C)(C)COC4=O)cc12. The first-order chi connectivity index (χ1) is 15.7. The normalized spacial score (nSPS) is 18.9. The van der Waals surface area contributed by atoms with Gasteiger partial charge in [0.2, 0.25) is 5.88 Å². The van der Waals surface area contributed by atoms with Crippen molar-refractivity contribution in [1.29, 1.82) is 0 Å². The van der Waals surface area contributed by atoms with Gasteiger partial charge in [0.25, 0.3) is 0 Å². The molecule has 1 atom stereocenters. The zero-order chi connectivity index (χ0) is 23.4. The van der Waals surface area contributed by atoms with E-state index in [0.29, 0.717) is 29.7 Å². The van der Waals surface area contributed by atoms with Crippen LogP contribution in [0.2, 0.25) is 0 Å². The lowest BCUT2D eigenvalue weighted by Gasteiger charge is -2.30. The van der Waals surface area contributed by atoms with Crippen LogP contribution in [0.3, 0.4) is 0 Å². The molecular weight excluding hydrogens is 418 g/mol. The summed E-state index contributed by atoms with van der Waals surface area (Å²) in [6.45, 7) is 8.39. The molecule has 1 fully saturated rings. The van der Waals surface area contributed by atoms with Crippen LogP contribution in [0.1, 0.15) is 68.6 Å². The maximum atomic E-state index is 12.1. The fraction of sp³-hybridized carbons (Fsp3) is 0.440. The Morgan fingerprint density at radius 2 is 2.00 bits per heavy atom. The highest BCUT2D eigenvalue weighted by Crippen LogP contribution is 2.37. The molecule has 1 aliphatic heterocycles. The molecule has 8 heteroatoms. The van der Waals surface area contributed by atoms with Gasteiger partial charge in [-0.3, -0.25) is 0 Å². The Labute approximate surface area is 192 Å². The quantitative estimate of drug-likeness (QED) is 0.537. The third kappa shape index (κ3) is 3.99. The summed E-state index contributed by atoms with van der Waals surface area (Å²) in [5.41, 5.74) is 7.86. The van der Waals surface area contributed by atoms with E-state index in [1.807, 2.05) is 33.0 Å². The number of esters is 1. The van der Waals surface area contributed by atoms with E-state index in [1.54, 1.807) is 18.3 Å². The Morgan fingerprint density at radius 3 is 2.73 bits per heavy atom. The molecule has 5 rings (SSSR count). The molecule has 3 aromatic heterocycles. The van der Waals surface area contributed by atoms with Gasteiger partial charge in [-0.15, -0.1) is 0 Å². The van der Waals surface area contributed by atoms with Gasteiger partial charge in [0.1, 0.15) is 24.3 Å². The molecule has 0 saturated heterocycles. The van der Waals surface area contributed by atoms with Crippen molar-refractivity contribution in [2.24, 2.45) is 5.73 Å². The molecule has 0 spiro atoms. The number of hydrogen-bond acceptors (Lipinski definition) is 8. The summed E-state index contributed by atoms with van der Waals surface area (Å²) >= 11 is 0. The number of carbonyl (C=O) groups excluding carboxylic acids is 1. The van der Waals surface area contributed by atoms with E-state index in [2.05, 4.69) is 22.2 Å². The van der Waals surface area contributed by atoms with Crippen molar-refractivity contribution in [1.82, 2.24) is 15.0 Å². The van der Waals surface area contributed by atoms with Gasteiger partial charge < -0.3 is 20.5 Å². The predicted molar refractivity (Wildman–Crippen MR) is 126 cm³/mol. The summed E-state index contributed by atoms with van der Waals surface area (Å²) in [4.78, 5) is 26.0. The zero-order valence-corrected chi connectivity index (χ0v) is 19.4. The second kappa shape index (κ2) is 7.66. The first-order valence-electron chi connectivity index (χ1n) is 11.4. The van der Waals surface area contributed by atoms with Crippen molar-refractivity contribution in [2.75, 3.05) is 11.9 Å². The van der Waals surface area contributed by atoms with Gasteiger partial charge in [0, 0.05) is 23.3 Å². The fourth-order valence-corrected chi connectivity index (χ4v) is 4.00. The van der Waals surface area contributed by atoms with Crippen LogP contribution in [0.15, 0.2) is 30.6 Å². The predicted octanol–water partition coefficient (Wildman–Crippen LogP) is 4.34. The summed E-state index contributed by atoms with van der Waals surface area (Å²) in [5, 5.41) is 5.09. The number of carbonyl (C=O) groups is 1. The smallest absolute Gasteiger partial charge is 0.340 e. The zero-order valence-electron chi connectivity index (χ0n) is 19.4. The maximum absolute atomic E-state index is 12.1. The van der Waals surface area contributed by atoms with Crippen LogP contribution in [-0.4, -0.2) is 33.6 Å². The number of nitrogens with one attached hydrogen (secondary N) is 1. The lowest BCUT2D eigenvalue weighted by atomic mass is 9.85. The second-order valence-electron chi connectivity index (χ2n) is 9.86. The van der Waals surface area contributed by atoms with E-state index in [0.717, 1.165) is 41.3 Å². The molecule has 4 heterocycles. The molecule has 172 valence electrons. The molecule has 8 nitrogen and oxygen atoms in total. The number of nitrogens with two attached hydrogens (primary N) is 1. The lowest BCUT2D eigenvalue weighted by molar-refractivity contribution is 0.0366. The summed E-state index contributed by atoms with van der Waals surface area (Å²) in [5.74, 6) is 1.49. The number of nitrogens with zero attached hydrogens (tertiary/aromatic N) is 3. The van der Waals surface area contributed by atoms with Crippen molar-refractivity contribution in [2.45, 2.75) is 64.0 Å². The molecule has 0 unspecified atom stereocenters. The highest BCUT2D eigenvalue weighted by molar-refractivity contribution is 5.93. The fourth-order valence-electron chi connectivity index (χ4n) is 4.00. The molecular formula is C25H29N5O3. The molecule has 0 bridgehead atoms. The number of pyridine rings is 3. The number of cyclic esters (lactones) is 1. The summed E-state index contributed by atoms with van der Waals surface area (Å²) in [6.07, 6.45) is 6.69. The van der Waals surface area contributed by atoms with Crippen LogP contribution in [0.25, 0.3) is 10.8 Å². The van der Waals surface area contributed by atoms with Gasteiger partial charge in [-0.05, 0) is 55.3 Å². The number of rotatable bonds is 6. The molecule has 0 aromatic carbocycles. The Balaban J connectivity index is 1.55. The van der Waals surface area contributed by atoms with Crippen molar-refractivity contribution in [3.63, 3.8) is 0 Å². The Hall–Kier alpha value is -3.26. The molecule has 3 aromatic rings. The average molecular weight is 448 g/mol. The molecule has 3 N–H and O–H groups in total. The van der Waals surface area contributed by atoms with E-state index in [-0.39, 0.29) is 17.5 Å². The van der Waals surface area contributed by atoms with Gasteiger partial charge in [-0.1, -0.05) is 20.8 Å². The molecule has 2 aliphatic rings. The first-order valence-corrected chi connectivity index (χ1v) is 11.4. The first kappa shape index (κ1) is 21.6. The van der Waals surface area contributed by atoms with E-state index >= 15 is 0 Å². The molecule has 0 amide bonds. The van der Waals surface area contributed by atoms with Crippen LogP contribution in [0.4, 0.5) is 11.6 Å². The number of aromatic nitrogens is 3. The van der Waals surface area contributed by atoms with E-state index in [1.165, 1.54) is 0 Å². The Kier molecular flexibility index (Phi) is 5.01. The summed E-state index contributed by atoms with van der Waals surface area (Å²) in [6, 6.07) is 5.48. The van der Waals surface area contributed by atoms with E-state index in [9.17, 15) is 4.79 Å². The van der Waals surface area contributed by atoms with Gasteiger partial charge in [-0.2, -0.15) is 0 Å². The topological polar surface area (TPSA) is 112 Å². The van der Waals surface area contributed by atoms with Gasteiger partial charge in [-0.25, -0.2) is 19.7 Å². The largest absolute Gasteiger partial charge is 0.474 e. The third-order valence-corrected chi connectivity index (χ3v) is 6.46. The summed E-state index contributed by atoms with van der Waals surface area (Å²) in [7, 11) is 0. The minimum Gasteiger partial charge on any atom is -0.474 e. The lowest BCUT2D eigenvalue weighted by Crippen LogP contribution is -2.35. The van der Waals surface area contributed by atoms with E-state index < -0.39 is 5.54 Å².